The molecule has 1 aromatic carbocycles. The van der Waals surface area contributed by atoms with Gasteiger partial charge in [0, 0.05) is 23.6 Å². The number of fused-ring (bicyclic) bond motifs is 1. The molecule has 0 amide bonds. The smallest absolute Gasteiger partial charge is 0.136 e. The van der Waals surface area contributed by atoms with E-state index in [0.29, 0.717) is 12.3 Å². The molecule has 1 aliphatic carbocycles. The number of aromatic amines is 1. The van der Waals surface area contributed by atoms with Crippen molar-refractivity contribution in [3.8, 4) is 0 Å². The summed E-state index contributed by atoms with van der Waals surface area (Å²) < 4.78 is 0. The molecule has 128 valence electrons. The number of aliphatic hydroxyl groups is 1. The zero-order chi connectivity index (χ0) is 17.6. The predicted octanol–water partition coefficient (Wildman–Crippen LogP) is 3.49. The number of ketones is 1. The highest BCUT2D eigenvalue weighted by atomic mass is 16.3. The molecular formula is C20H26N2O2. The number of aryl methyl sites for hydroxylation is 1. The Balaban J connectivity index is 2.17. The lowest BCUT2D eigenvalue weighted by Crippen LogP contribution is -2.48. The number of rotatable bonds is 3. The molecule has 4 nitrogen and oxygen atoms in total. The fourth-order valence-electron chi connectivity index (χ4n) is 4.13. The van der Waals surface area contributed by atoms with E-state index in [0.717, 1.165) is 22.5 Å². The Labute approximate surface area is 143 Å². The first-order chi connectivity index (χ1) is 11.2. The fraction of sp³-hybridized carbons (Fsp3) is 0.500. The van der Waals surface area contributed by atoms with Crippen LogP contribution in [0.3, 0.4) is 0 Å². The van der Waals surface area contributed by atoms with E-state index in [1.165, 1.54) is 5.56 Å². The number of hydrogen-bond acceptors (Lipinski definition) is 3. The van der Waals surface area contributed by atoms with E-state index in [9.17, 15) is 9.90 Å². The summed E-state index contributed by atoms with van der Waals surface area (Å²) in [5.41, 5.74) is 4.15. The fourth-order valence-corrected chi connectivity index (χ4v) is 4.13. The van der Waals surface area contributed by atoms with Crippen LogP contribution in [-0.2, 0) is 11.2 Å². The molecule has 2 aromatic rings. The van der Waals surface area contributed by atoms with Crippen molar-refractivity contribution < 1.29 is 9.90 Å². The molecule has 1 heterocycles. The van der Waals surface area contributed by atoms with Crippen LogP contribution in [0.2, 0.25) is 0 Å². The van der Waals surface area contributed by atoms with E-state index in [-0.39, 0.29) is 11.7 Å². The van der Waals surface area contributed by atoms with Crippen molar-refractivity contribution in [2.75, 3.05) is 0 Å². The van der Waals surface area contributed by atoms with Crippen molar-refractivity contribution in [1.29, 1.82) is 0 Å². The van der Waals surface area contributed by atoms with E-state index in [2.05, 4.69) is 48.3 Å². The summed E-state index contributed by atoms with van der Waals surface area (Å²) in [4.78, 5) is 12.4. The van der Waals surface area contributed by atoms with E-state index in [1.54, 1.807) is 13.8 Å². The molecule has 0 saturated carbocycles. The van der Waals surface area contributed by atoms with E-state index < -0.39 is 11.5 Å². The molecule has 2 N–H and O–H groups in total. The van der Waals surface area contributed by atoms with Gasteiger partial charge in [-0.1, -0.05) is 38.1 Å². The average molecular weight is 326 g/mol. The lowest BCUT2D eigenvalue weighted by atomic mass is 9.64. The Kier molecular flexibility index (Phi) is 4.12. The Bertz CT molecular complexity index is 756. The molecule has 0 radical (unpaired) electrons. The average Bonchev–Trinajstić information content (AvgIpc) is 2.85. The van der Waals surface area contributed by atoms with E-state index in [1.807, 2.05) is 6.92 Å². The van der Waals surface area contributed by atoms with Crippen LogP contribution in [0.5, 0.6) is 0 Å². The first-order valence-corrected chi connectivity index (χ1v) is 8.58. The first kappa shape index (κ1) is 16.9. The number of carbonyl (C=O) groups is 1. The molecule has 3 rings (SSSR count). The van der Waals surface area contributed by atoms with E-state index in [4.69, 9.17) is 0 Å². The monoisotopic (exact) mass is 326 g/mol. The van der Waals surface area contributed by atoms with Gasteiger partial charge in [-0.05, 0) is 37.8 Å². The summed E-state index contributed by atoms with van der Waals surface area (Å²) in [6.07, 6.45) is 0.400. The number of H-pyrrole nitrogens is 1. The van der Waals surface area contributed by atoms with Gasteiger partial charge in [-0.2, -0.15) is 5.10 Å². The predicted molar refractivity (Wildman–Crippen MR) is 94.2 cm³/mol. The number of nitrogens with zero attached hydrogens (tertiary/aromatic N) is 1. The molecule has 24 heavy (non-hydrogen) atoms. The van der Waals surface area contributed by atoms with Crippen LogP contribution < -0.4 is 0 Å². The summed E-state index contributed by atoms with van der Waals surface area (Å²) in [6.45, 7) is 9.64. The molecule has 1 aliphatic rings. The standard InChI is InChI=1S/C20H26N2O2/c1-11(2)14-6-8-15(9-7-14)18-17-12(3)21-22-16(17)10-20(5,24)19(18)13(4)23/h6-9,11,18-19,24H,10H2,1-5H3,(H,21,22)/t18-,19+,20-/m1/s1. The van der Waals surface area contributed by atoms with Crippen molar-refractivity contribution in [3.63, 3.8) is 0 Å². The summed E-state index contributed by atoms with van der Waals surface area (Å²) in [7, 11) is 0. The van der Waals surface area contributed by atoms with Crippen LogP contribution in [0.1, 0.15) is 67.6 Å². The second-order valence-corrected chi connectivity index (χ2v) is 7.63. The van der Waals surface area contributed by atoms with Gasteiger partial charge in [-0.15, -0.1) is 0 Å². The molecule has 0 spiro atoms. The van der Waals surface area contributed by atoms with Gasteiger partial charge in [0.1, 0.15) is 5.78 Å². The third-order valence-electron chi connectivity index (χ3n) is 5.31. The van der Waals surface area contributed by atoms with Gasteiger partial charge >= 0.3 is 0 Å². The number of carbonyl (C=O) groups excluding carboxylic acids is 1. The lowest BCUT2D eigenvalue weighted by Gasteiger charge is -2.41. The topological polar surface area (TPSA) is 66.0 Å². The Morgan fingerprint density at radius 3 is 2.50 bits per heavy atom. The van der Waals surface area contributed by atoms with Gasteiger partial charge in [0.05, 0.1) is 17.2 Å². The van der Waals surface area contributed by atoms with Gasteiger partial charge in [-0.25, -0.2) is 0 Å². The SMILES string of the molecule is CC(=O)[C@H]1[C@H](c2ccc(C(C)C)cc2)c2c(n[nH]c2C)C[C@@]1(C)O. The van der Waals surface area contributed by atoms with Gasteiger partial charge in [0.25, 0.3) is 0 Å². The summed E-state index contributed by atoms with van der Waals surface area (Å²) >= 11 is 0. The van der Waals surface area contributed by atoms with E-state index >= 15 is 0 Å². The van der Waals surface area contributed by atoms with Crippen molar-refractivity contribution in [2.45, 2.75) is 58.5 Å². The van der Waals surface area contributed by atoms with Gasteiger partial charge in [0.15, 0.2) is 0 Å². The minimum atomic E-state index is -1.10. The largest absolute Gasteiger partial charge is 0.389 e. The maximum atomic E-state index is 12.4. The van der Waals surface area contributed by atoms with Crippen LogP contribution in [0, 0.1) is 12.8 Å². The van der Waals surface area contributed by atoms with Crippen LogP contribution in [0.25, 0.3) is 0 Å². The molecule has 3 atom stereocenters. The second-order valence-electron chi connectivity index (χ2n) is 7.63. The van der Waals surface area contributed by atoms with Crippen molar-refractivity contribution >= 4 is 5.78 Å². The normalized spacial score (nSPS) is 26.5. The Morgan fingerprint density at radius 1 is 1.33 bits per heavy atom. The molecule has 0 bridgehead atoms. The zero-order valence-electron chi connectivity index (χ0n) is 15.1. The third kappa shape index (κ3) is 2.69. The highest BCUT2D eigenvalue weighted by molar-refractivity contribution is 5.82. The van der Waals surface area contributed by atoms with Gasteiger partial charge in [-0.3, -0.25) is 9.89 Å². The van der Waals surface area contributed by atoms with Crippen molar-refractivity contribution in [2.24, 2.45) is 5.92 Å². The minimum absolute atomic E-state index is 0.0178. The molecule has 0 saturated heterocycles. The molecule has 0 unspecified atom stereocenters. The molecule has 1 aromatic heterocycles. The lowest BCUT2D eigenvalue weighted by molar-refractivity contribution is -0.130. The zero-order valence-corrected chi connectivity index (χ0v) is 15.1. The summed E-state index contributed by atoms with van der Waals surface area (Å²) in [5, 5.41) is 18.4. The van der Waals surface area contributed by atoms with Crippen LogP contribution in [-0.4, -0.2) is 26.7 Å². The quantitative estimate of drug-likeness (QED) is 0.907. The second kappa shape index (κ2) is 5.85. The summed E-state index contributed by atoms with van der Waals surface area (Å²) in [6, 6.07) is 8.42. The van der Waals surface area contributed by atoms with Crippen molar-refractivity contribution in [3.05, 3.63) is 52.3 Å². The van der Waals surface area contributed by atoms with Crippen LogP contribution in [0.15, 0.2) is 24.3 Å². The van der Waals surface area contributed by atoms with Gasteiger partial charge in [0.2, 0.25) is 0 Å². The van der Waals surface area contributed by atoms with Crippen LogP contribution in [0.4, 0.5) is 0 Å². The number of benzene rings is 1. The Hall–Kier alpha value is -1.94. The minimum Gasteiger partial charge on any atom is -0.389 e. The first-order valence-electron chi connectivity index (χ1n) is 8.58. The number of hydrogen-bond donors (Lipinski definition) is 2. The maximum Gasteiger partial charge on any atom is 0.136 e. The van der Waals surface area contributed by atoms with Crippen LogP contribution >= 0.6 is 0 Å². The highest BCUT2D eigenvalue weighted by Gasteiger charge is 2.48. The number of Topliss-reactive ketones (excluding diaryl/α,β-unsaturated/α-hetero) is 1. The number of nitrogens with one attached hydrogen (secondary N) is 1. The Morgan fingerprint density at radius 2 is 1.96 bits per heavy atom. The molecule has 0 aliphatic heterocycles. The van der Waals surface area contributed by atoms with Crippen molar-refractivity contribution in [1.82, 2.24) is 10.2 Å². The number of aromatic nitrogens is 2. The highest BCUT2D eigenvalue weighted by Crippen LogP contribution is 2.46. The molecule has 4 heteroatoms. The van der Waals surface area contributed by atoms with Gasteiger partial charge < -0.3 is 5.11 Å². The third-order valence-corrected chi connectivity index (χ3v) is 5.31. The molecule has 0 fully saturated rings. The summed E-state index contributed by atoms with van der Waals surface area (Å²) in [5.74, 6) is -0.153. The molecular weight excluding hydrogens is 300 g/mol. The maximum absolute atomic E-state index is 12.4.